The largest absolute Gasteiger partial charge is 0.494 e. The van der Waals surface area contributed by atoms with Gasteiger partial charge >= 0.3 is 0 Å². The minimum atomic E-state index is -3.13. The minimum Gasteiger partial charge on any atom is -0.494 e. The summed E-state index contributed by atoms with van der Waals surface area (Å²) in [6.07, 6.45) is 5.09. The first-order valence-corrected chi connectivity index (χ1v) is 17.6. The molecule has 1 aromatic carbocycles. The fourth-order valence-corrected chi connectivity index (χ4v) is 8.31. The molecular weight excluding hydrogens is 621 g/mol. The Morgan fingerprint density at radius 1 is 1.05 bits per heavy atom. The van der Waals surface area contributed by atoms with Crippen LogP contribution in [0.2, 0.25) is 0 Å². The molecule has 0 unspecified atom stereocenters. The van der Waals surface area contributed by atoms with Crippen LogP contribution in [0.25, 0.3) is 26.9 Å². The molecule has 0 spiro atoms. The number of aryl methyl sites for hydroxylation is 1. The average molecular weight is 655 g/mol. The average Bonchev–Trinajstić information content (AvgIpc) is 3.64. The molecule has 2 saturated heterocycles. The summed E-state index contributed by atoms with van der Waals surface area (Å²) in [5.74, 6) is 0.968. The van der Waals surface area contributed by atoms with Crippen LogP contribution in [0.1, 0.15) is 18.4 Å². The molecule has 12 nitrogen and oxygen atoms in total. The molecule has 44 heavy (non-hydrogen) atoms. The van der Waals surface area contributed by atoms with E-state index in [-0.39, 0.29) is 5.56 Å². The van der Waals surface area contributed by atoms with Gasteiger partial charge in [-0.25, -0.2) is 17.8 Å². The molecule has 0 radical (unpaired) electrons. The fraction of sp³-hybridized carbons (Fsp3) is 0.414. The normalized spacial score (nSPS) is 17.7. The summed E-state index contributed by atoms with van der Waals surface area (Å²) in [5.41, 5.74) is 4.43. The number of thiol groups is 1. The zero-order valence-corrected chi connectivity index (χ0v) is 27.3. The van der Waals surface area contributed by atoms with Gasteiger partial charge in [0, 0.05) is 63.3 Å². The van der Waals surface area contributed by atoms with Crippen molar-refractivity contribution in [2.24, 2.45) is 0 Å². The van der Waals surface area contributed by atoms with Crippen LogP contribution in [0.15, 0.2) is 40.6 Å². The Balaban J connectivity index is 1.16. The molecule has 0 bridgehead atoms. The highest BCUT2D eigenvalue weighted by molar-refractivity contribution is 7.88. The monoisotopic (exact) mass is 654 g/mol. The van der Waals surface area contributed by atoms with Crippen LogP contribution in [0.3, 0.4) is 0 Å². The summed E-state index contributed by atoms with van der Waals surface area (Å²) >= 11 is 5.88. The van der Waals surface area contributed by atoms with E-state index in [1.54, 1.807) is 21.6 Å². The van der Waals surface area contributed by atoms with Gasteiger partial charge in [0.1, 0.15) is 10.4 Å². The van der Waals surface area contributed by atoms with Gasteiger partial charge in [-0.15, -0.1) is 11.3 Å². The van der Waals surface area contributed by atoms with E-state index < -0.39 is 10.0 Å². The van der Waals surface area contributed by atoms with Crippen molar-refractivity contribution in [1.82, 2.24) is 27.5 Å². The van der Waals surface area contributed by atoms with Crippen molar-refractivity contribution in [3.05, 3.63) is 51.8 Å². The second-order valence-corrected chi connectivity index (χ2v) is 14.8. The summed E-state index contributed by atoms with van der Waals surface area (Å²) < 4.78 is 34.9. The lowest BCUT2D eigenvalue weighted by molar-refractivity contribution is 0.120. The number of piperazine rings is 1. The topological polar surface area (TPSA) is 117 Å². The predicted molar refractivity (Wildman–Crippen MR) is 179 cm³/mol. The highest BCUT2D eigenvalue weighted by Crippen LogP contribution is 2.37. The van der Waals surface area contributed by atoms with Crippen LogP contribution in [-0.2, 0) is 10.0 Å². The maximum atomic E-state index is 13.7. The van der Waals surface area contributed by atoms with E-state index in [0.29, 0.717) is 58.0 Å². The maximum Gasteiger partial charge on any atom is 0.278 e. The van der Waals surface area contributed by atoms with Gasteiger partial charge in [0.25, 0.3) is 5.56 Å². The van der Waals surface area contributed by atoms with Gasteiger partial charge in [-0.3, -0.25) is 13.7 Å². The van der Waals surface area contributed by atoms with Gasteiger partial charge < -0.3 is 15.0 Å². The molecule has 5 aromatic rings. The number of piperidine rings is 1. The standard InChI is InChI=1S/C29H34N8O4S3/c1-18-16-22(31-29-32-26-20(6-10-36(26)42)27-30-21-7-15-43-25(21)28(38)37(27)29)24(41-2)17-23(18)34-8-4-19(5-9-34)33-11-13-35(14-12-33)44(3,39)40/h6-7,10,15-17,19,42H,4-5,8-9,11-14H2,1-3H3,(H,31,32). The maximum absolute atomic E-state index is 13.7. The Labute approximate surface area is 264 Å². The first-order chi connectivity index (χ1) is 21.1. The lowest BCUT2D eigenvalue weighted by Gasteiger charge is -2.43. The van der Waals surface area contributed by atoms with Gasteiger partial charge in [0.2, 0.25) is 16.0 Å². The van der Waals surface area contributed by atoms with Crippen LogP contribution in [0.5, 0.6) is 5.75 Å². The van der Waals surface area contributed by atoms with Crippen LogP contribution in [0.4, 0.5) is 17.3 Å². The Morgan fingerprint density at radius 3 is 2.50 bits per heavy atom. The van der Waals surface area contributed by atoms with Crippen molar-refractivity contribution < 1.29 is 13.2 Å². The molecule has 0 saturated carbocycles. The van der Waals surface area contributed by atoms with Crippen molar-refractivity contribution in [2.45, 2.75) is 25.8 Å². The number of thiophene rings is 1. The summed E-state index contributed by atoms with van der Waals surface area (Å²) in [6, 6.07) is 8.23. The van der Waals surface area contributed by atoms with Crippen LogP contribution < -0.4 is 20.5 Å². The Hall–Kier alpha value is -3.37. The molecule has 7 rings (SSSR count). The van der Waals surface area contributed by atoms with Gasteiger partial charge in [-0.05, 0) is 48.9 Å². The summed E-state index contributed by atoms with van der Waals surface area (Å²) in [4.78, 5) is 28.1. The third-order valence-electron chi connectivity index (χ3n) is 8.81. The number of sulfonamides is 1. The van der Waals surface area contributed by atoms with Crippen LogP contribution in [0, 0.1) is 6.92 Å². The van der Waals surface area contributed by atoms with E-state index in [0.717, 1.165) is 55.7 Å². The van der Waals surface area contributed by atoms with Gasteiger partial charge in [0.15, 0.2) is 11.3 Å². The zero-order valence-electron chi connectivity index (χ0n) is 24.7. The lowest BCUT2D eigenvalue weighted by atomic mass is 10.0. The van der Waals surface area contributed by atoms with E-state index >= 15 is 0 Å². The molecule has 2 fully saturated rings. The lowest BCUT2D eigenvalue weighted by Crippen LogP contribution is -2.54. The fourth-order valence-electron chi connectivity index (χ4n) is 6.50. The molecule has 0 atom stereocenters. The third kappa shape index (κ3) is 5.09. The van der Waals surface area contributed by atoms with Gasteiger partial charge in [-0.1, -0.05) is 12.8 Å². The van der Waals surface area contributed by atoms with E-state index in [2.05, 4.69) is 34.9 Å². The van der Waals surface area contributed by atoms with E-state index in [1.807, 2.05) is 29.6 Å². The van der Waals surface area contributed by atoms with Crippen molar-refractivity contribution in [3.8, 4) is 5.75 Å². The Kier molecular flexibility index (Phi) is 7.48. The predicted octanol–water partition coefficient (Wildman–Crippen LogP) is 3.56. The molecule has 0 amide bonds. The van der Waals surface area contributed by atoms with Gasteiger partial charge in [-0.2, -0.15) is 9.29 Å². The highest BCUT2D eigenvalue weighted by Gasteiger charge is 2.30. The number of nitrogens with one attached hydrogen (secondary N) is 1. The molecular formula is C29H34N8O4S3. The number of hydrogen-bond donors (Lipinski definition) is 2. The molecule has 4 aromatic heterocycles. The number of benzene rings is 1. The number of aromatic nitrogens is 4. The molecule has 0 aliphatic carbocycles. The highest BCUT2D eigenvalue weighted by atomic mass is 32.2. The summed E-state index contributed by atoms with van der Waals surface area (Å²) in [6.45, 7) is 6.53. The Bertz CT molecular complexity index is 2060. The first kappa shape index (κ1) is 29.3. The summed E-state index contributed by atoms with van der Waals surface area (Å²) in [5, 5.41) is 5.98. The minimum absolute atomic E-state index is 0.184. The number of fused-ring (bicyclic) bond motifs is 4. The van der Waals surface area contributed by atoms with Crippen molar-refractivity contribution in [1.29, 1.82) is 0 Å². The quantitative estimate of drug-likeness (QED) is 0.265. The van der Waals surface area contributed by atoms with Crippen molar-refractivity contribution >= 4 is 78.4 Å². The van der Waals surface area contributed by atoms with Crippen molar-refractivity contribution in [2.75, 3.05) is 62.9 Å². The second-order valence-electron chi connectivity index (χ2n) is 11.4. The van der Waals surface area contributed by atoms with E-state index in [1.165, 1.54) is 22.0 Å². The van der Waals surface area contributed by atoms with Crippen LogP contribution >= 0.6 is 24.2 Å². The molecule has 2 aliphatic heterocycles. The smallest absolute Gasteiger partial charge is 0.278 e. The molecule has 15 heteroatoms. The van der Waals surface area contributed by atoms with Crippen LogP contribution in [-0.4, -0.2) is 94.6 Å². The second kappa shape index (κ2) is 11.2. The molecule has 2 aliphatic rings. The third-order valence-corrected chi connectivity index (χ3v) is 11.3. The number of anilines is 3. The first-order valence-electron chi connectivity index (χ1n) is 14.5. The SMILES string of the molecule is COc1cc(N2CCC(N3CCN(S(C)(=O)=O)CC3)CC2)c(C)cc1Nc1nc2c(ccn2S)c2nc3ccsc3c(=O)n12. The molecule has 6 heterocycles. The number of rotatable bonds is 6. The number of hydrogen-bond acceptors (Lipinski definition) is 11. The Morgan fingerprint density at radius 2 is 1.80 bits per heavy atom. The number of ether oxygens (including phenoxy) is 1. The number of nitrogens with zero attached hydrogens (tertiary/aromatic N) is 7. The van der Waals surface area contributed by atoms with E-state index in [9.17, 15) is 13.2 Å². The zero-order chi connectivity index (χ0) is 30.7. The summed E-state index contributed by atoms with van der Waals surface area (Å²) in [7, 11) is -1.50. The van der Waals surface area contributed by atoms with Crippen molar-refractivity contribution in [3.63, 3.8) is 0 Å². The van der Waals surface area contributed by atoms with E-state index in [4.69, 9.17) is 14.7 Å². The number of methoxy groups -OCH3 is 1. The molecule has 232 valence electrons. The van der Waals surface area contributed by atoms with Gasteiger partial charge in [0.05, 0.1) is 30.0 Å². The molecule has 1 N–H and O–H groups in total.